The molecule has 8 heteroatoms. The van der Waals surface area contributed by atoms with Crippen LogP contribution in [0.1, 0.15) is 30.5 Å². The smallest absolute Gasteiger partial charge is 0.295 e. The summed E-state index contributed by atoms with van der Waals surface area (Å²) in [6.45, 7) is 3.20. The maximum atomic E-state index is 13.6. The number of ketones is 1. The molecule has 0 bridgehead atoms. The van der Waals surface area contributed by atoms with Crippen LogP contribution in [0.3, 0.4) is 0 Å². The van der Waals surface area contributed by atoms with Gasteiger partial charge in [0.15, 0.2) is 0 Å². The Morgan fingerprint density at radius 1 is 1.19 bits per heavy atom. The van der Waals surface area contributed by atoms with E-state index in [1.807, 2.05) is 19.0 Å². The first-order valence-electron chi connectivity index (χ1n) is 10.4. The van der Waals surface area contributed by atoms with Crippen LogP contribution in [-0.2, 0) is 9.59 Å². The number of likely N-dealkylation sites (tertiary alicyclic amines) is 1. The Kier molecular flexibility index (Phi) is 7.53. The zero-order valence-corrected chi connectivity index (χ0v) is 19.0. The lowest BCUT2D eigenvalue weighted by Gasteiger charge is -2.26. The number of hydrogen-bond acceptors (Lipinski definition) is 5. The van der Waals surface area contributed by atoms with Crippen LogP contribution in [-0.4, -0.2) is 60.4 Å². The third-order valence-electron chi connectivity index (χ3n) is 5.23. The molecule has 1 N–H and O–H groups in total. The Morgan fingerprint density at radius 2 is 1.88 bits per heavy atom. The summed E-state index contributed by atoms with van der Waals surface area (Å²) in [5.41, 5.74) is 0.795. The van der Waals surface area contributed by atoms with Gasteiger partial charge in [-0.25, -0.2) is 4.39 Å². The van der Waals surface area contributed by atoms with Crippen molar-refractivity contribution in [2.75, 3.05) is 33.8 Å². The van der Waals surface area contributed by atoms with Crippen LogP contribution in [0, 0.1) is 5.82 Å². The third kappa shape index (κ3) is 4.95. The van der Waals surface area contributed by atoms with E-state index in [0.717, 1.165) is 0 Å². The molecule has 170 valence electrons. The summed E-state index contributed by atoms with van der Waals surface area (Å²) in [7, 11) is 3.84. The Bertz CT molecular complexity index is 1040. The monoisotopic (exact) mass is 460 g/mol. The average Bonchev–Trinajstić information content (AvgIpc) is 3.00. The average molecular weight is 461 g/mol. The molecule has 1 atom stereocenters. The minimum atomic E-state index is -0.830. The van der Waals surface area contributed by atoms with Crippen molar-refractivity contribution in [3.8, 4) is 5.75 Å². The standard InChI is InChI=1S/C24H26ClFN2O4/c1-4-32-19-14-16(8-11-18(19)25)22(29)20-21(15-6-9-17(26)10-7-15)28(24(31)23(20)30)13-5-12-27(2)3/h6-11,14,21,29H,4-5,12-13H2,1-3H3/b22-20-. The number of aliphatic hydroxyl groups excluding tert-OH is 1. The number of nitrogens with zero attached hydrogens (tertiary/aromatic N) is 2. The van der Waals surface area contributed by atoms with E-state index in [0.29, 0.717) is 48.0 Å². The number of ether oxygens (including phenoxy) is 1. The molecule has 1 aliphatic rings. The van der Waals surface area contributed by atoms with Gasteiger partial charge in [-0.3, -0.25) is 9.59 Å². The van der Waals surface area contributed by atoms with Gasteiger partial charge in [-0.05, 0) is 69.9 Å². The molecule has 0 radical (unpaired) electrons. The second-order valence-corrected chi connectivity index (χ2v) is 8.19. The van der Waals surface area contributed by atoms with Crippen molar-refractivity contribution in [2.24, 2.45) is 0 Å². The second kappa shape index (κ2) is 10.1. The molecule has 1 heterocycles. The molecule has 1 unspecified atom stereocenters. The Hall–Kier alpha value is -2.90. The summed E-state index contributed by atoms with van der Waals surface area (Å²) in [6.07, 6.45) is 0.632. The molecule has 3 rings (SSSR count). The van der Waals surface area contributed by atoms with Crippen molar-refractivity contribution in [2.45, 2.75) is 19.4 Å². The van der Waals surface area contributed by atoms with Gasteiger partial charge in [-0.1, -0.05) is 23.7 Å². The van der Waals surface area contributed by atoms with Crippen LogP contribution >= 0.6 is 11.6 Å². The predicted octanol–water partition coefficient (Wildman–Crippen LogP) is 4.25. The van der Waals surface area contributed by atoms with E-state index in [1.54, 1.807) is 19.1 Å². The highest BCUT2D eigenvalue weighted by Crippen LogP contribution is 2.40. The Labute approximate surface area is 191 Å². The summed E-state index contributed by atoms with van der Waals surface area (Å²) in [5, 5.41) is 11.5. The topological polar surface area (TPSA) is 70.1 Å². The van der Waals surface area contributed by atoms with E-state index in [4.69, 9.17) is 16.3 Å². The molecule has 2 aromatic carbocycles. The highest BCUT2D eigenvalue weighted by atomic mass is 35.5. The minimum absolute atomic E-state index is 0.0452. The molecule has 0 aliphatic carbocycles. The van der Waals surface area contributed by atoms with Crippen LogP contribution in [0.25, 0.3) is 5.76 Å². The van der Waals surface area contributed by atoms with Gasteiger partial charge in [0.25, 0.3) is 11.7 Å². The lowest BCUT2D eigenvalue weighted by molar-refractivity contribution is -0.139. The van der Waals surface area contributed by atoms with Crippen LogP contribution < -0.4 is 4.74 Å². The molecule has 1 aliphatic heterocycles. The molecule has 32 heavy (non-hydrogen) atoms. The number of benzene rings is 2. The highest BCUT2D eigenvalue weighted by molar-refractivity contribution is 6.46. The molecule has 1 fully saturated rings. The summed E-state index contributed by atoms with van der Waals surface area (Å²) in [6, 6.07) is 9.39. The predicted molar refractivity (Wildman–Crippen MR) is 121 cm³/mol. The maximum Gasteiger partial charge on any atom is 0.295 e. The molecule has 2 aromatic rings. The molecular weight excluding hydrogens is 435 g/mol. The lowest BCUT2D eigenvalue weighted by atomic mass is 9.95. The van der Waals surface area contributed by atoms with Gasteiger partial charge in [0.2, 0.25) is 0 Å². The molecular formula is C24H26ClFN2O4. The van der Waals surface area contributed by atoms with Gasteiger partial charge in [0, 0.05) is 12.1 Å². The van der Waals surface area contributed by atoms with E-state index in [9.17, 15) is 19.1 Å². The maximum absolute atomic E-state index is 13.6. The van der Waals surface area contributed by atoms with Crippen molar-refractivity contribution < 1.29 is 23.8 Å². The summed E-state index contributed by atoms with van der Waals surface area (Å²) < 4.78 is 19.0. The number of amides is 1. The zero-order valence-electron chi connectivity index (χ0n) is 18.3. The number of aliphatic hydroxyl groups is 1. The van der Waals surface area contributed by atoms with Crippen LogP contribution in [0.5, 0.6) is 5.75 Å². The van der Waals surface area contributed by atoms with Crippen LogP contribution in [0.4, 0.5) is 4.39 Å². The van der Waals surface area contributed by atoms with Crippen molar-refractivity contribution in [1.82, 2.24) is 9.80 Å². The molecule has 1 amide bonds. The normalized spacial score (nSPS) is 17.9. The number of rotatable bonds is 8. The third-order valence-corrected chi connectivity index (χ3v) is 5.55. The molecule has 0 aromatic heterocycles. The number of halogens is 2. The van der Waals surface area contributed by atoms with E-state index >= 15 is 0 Å². The van der Waals surface area contributed by atoms with Crippen molar-refractivity contribution in [3.63, 3.8) is 0 Å². The summed E-state index contributed by atoms with van der Waals surface area (Å²) >= 11 is 6.14. The number of Topliss-reactive ketones (excluding diaryl/α,β-unsaturated/α-hetero) is 1. The zero-order chi connectivity index (χ0) is 23.4. The van der Waals surface area contributed by atoms with Crippen LogP contribution in [0.2, 0.25) is 5.02 Å². The van der Waals surface area contributed by atoms with Crippen LogP contribution in [0.15, 0.2) is 48.0 Å². The first-order chi connectivity index (χ1) is 15.2. The minimum Gasteiger partial charge on any atom is -0.507 e. The Balaban J connectivity index is 2.10. The molecule has 0 spiro atoms. The van der Waals surface area contributed by atoms with E-state index < -0.39 is 23.5 Å². The van der Waals surface area contributed by atoms with Gasteiger partial charge in [0.1, 0.15) is 17.3 Å². The van der Waals surface area contributed by atoms with Gasteiger partial charge in [0.05, 0.1) is 23.2 Å². The fourth-order valence-electron chi connectivity index (χ4n) is 3.73. The van der Waals surface area contributed by atoms with E-state index in [1.165, 1.54) is 35.2 Å². The van der Waals surface area contributed by atoms with Gasteiger partial charge in [-0.2, -0.15) is 0 Å². The molecule has 6 nitrogen and oxygen atoms in total. The molecule has 1 saturated heterocycles. The molecule has 0 saturated carbocycles. The largest absolute Gasteiger partial charge is 0.507 e. The first-order valence-corrected chi connectivity index (χ1v) is 10.7. The fraction of sp³-hybridized carbons (Fsp3) is 0.333. The fourth-order valence-corrected chi connectivity index (χ4v) is 3.90. The van der Waals surface area contributed by atoms with Gasteiger partial charge in [-0.15, -0.1) is 0 Å². The summed E-state index contributed by atoms with van der Waals surface area (Å²) in [5.74, 6) is -1.88. The van der Waals surface area contributed by atoms with Crippen molar-refractivity contribution >= 4 is 29.1 Å². The lowest BCUT2D eigenvalue weighted by Crippen LogP contribution is -2.32. The quantitative estimate of drug-likeness (QED) is 0.362. The van der Waals surface area contributed by atoms with Gasteiger partial charge >= 0.3 is 0 Å². The summed E-state index contributed by atoms with van der Waals surface area (Å²) in [4.78, 5) is 29.3. The SMILES string of the molecule is CCOc1cc(/C(O)=C2/C(=O)C(=O)N(CCCN(C)C)C2c2ccc(F)cc2)ccc1Cl. The first kappa shape index (κ1) is 23.8. The van der Waals surface area contributed by atoms with E-state index in [2.05, 4.69) is 0 Å². The van der Waals surface area contributed by atoms with Crippen molar-refractivity contribution in [3.05, 3.63) is 70.0 Å². The highest BCUT2D eigenvalue weighted by Gasteiger charge is 2.45. The number of carbonyl (C=O) groups excluding carboxylic acids is 2. The number of hydrogen-bond donors (Lipinski definition) is 1. The number of carbonyl (C=O) groups is 2. The van der Waals surface area contributed by atoms with E-state index in [-0.39, 0.29) is 11.3 Å². The second-order valence-electron chi connectivity index (χ2n) is 7.78. The van der Waals surface area contributed by atoms with Crippen molar-refractivity contribution in [1.29, 1.82) is 0 Å². The van der Waals surface area contributed by atoms with Gasteiger partial charge < -0.3 is 19.6 Å². The Morgan fingerprint density at radius 3 is 2.50 bits per heavy atom.